The highest BCUT2D eigenvalue weighted by atomic mass is 32.2. The van der Waals surface area contributed by atoms with E-state index in [0.717, 1.165) is 0 Å². The largest absolute Gasteiger partial charge is 0.383 e. The van der Waals surface area contributed by atoms with E-state index in [1.165, 1.54) is 11.8 Å². The Labute approximate surface area is 120 Å². The fourth-order valence-corrected chi connectivity index (χ4v) is 3.15. The minimum absolute atomic E-state index is 0.169. The van der Waals surface area contributed by atoms with Gasteiger partial charge in [0.25, 0.3) is 0 Å². The number of carbonyl (C=O) groups is 2. The molecular weight excluding hydrogens is 278 g/mol. The highest BCUT2D eigenvalue weighted by molar-refractivity contribution is 7.98. The fraction of sp³-hybridized carbons (Fsp3) is 0.500. The van der Waals surface area contributed by atoms with E-state index in [9.17, 15) is 9.59 Å². The van der Waals surface area contributed by atoms with Crippen molar-refractivity contribution in [2.75, 3.05) is 30.0 Å². The van der Waals surface area contributed by atoms with Crippen LogP contribution in [0.15, 0.2) is 11.2 Å². The molecule has 2 fully saturated rings. The monoisotopic (exact) mass is 293 g/mol. The number of anilines is 2. The first-order valence-electron chi connectivity index (χ1n) is 6.30. The third kappa shape index (κ3) is 2.09. The first-order valence-corrected chi connectivity index (χ1v) is 7.53. The van der Waals surface area contributed by atoms with Gasteiger partial charge in [-0.1, -0.05) is 11.8 Å². The molecule has 20 heavy (non-hydrogen) atoms. The number of hydrogen-bond acceptors (Lipinski definition) is 7. The molecule has 1 unspecified atom stereocenters. The van der Waals surface area contributed by atoms with E-state index in [1.807, 2.05) is 11.2 Å². The Hall–Kier alpha value is -1.83. The third-order valence-corrected chi connectivity index (χ3v) is 4.35. The Morgan fingerprint density at radius 1 is 1.45 bits per heavy atom. The molecule has 0 saturated carbocycles. The van der Waals surface area contributed by atoms with E-state index in [2.05, 4.69) is 15.3 Å². The van der Waals surface area contributed by atoms with Gasteiger partial charge >= 0.3 is 0 Å². The average Bonchev–Trinajstić information content (AvgIpc) is 2.94. The number of aromatic nitrogens is 2. The van der Waals surface area contributed by atoms with Crippen LogP contribution in [0.4, 0.5) is 11.6 Å². The van der Waals surface area contributed by atoms with Crippen molar-refractivity contribution in [1.29, 1.82) is 0 Å². The molecule has 1 aromatic heterocycles. The summed E-state index contributed by atoms with van der Waals surface area (Å²) in [6, 6.07) is 1.70. The lowest BCUT2D eigenvalue weighted by molar-refractivity contribution is -0.127. The van der Waals surface area contributed by atoms with Gasteiger partial charge in [0.05, 0.1) is 5.41 Å². The minimum atomic E-state index is -0.601. The van der Waals surface area contributed by atoms with Crippen LogP contribution in [0.25, 0.3) is 0 Å². The molecular formula is C12H15N5O2S. The quantitative estimate of drug-likeness (QED) is 0.450. The van der Waals surface area contributed by atoms with Gasteiger partial charge in [0.2, 0.25) is 11.8 Å². The van der Waals surface area contributed by atoms with Crippen molar-refractivity contribution >= 4 is 35.2 Å². The summed E-state index contributed by atoms with van der Waals surface area (Å²) < 4.78 is 0. The van der Waals surface area contributed by atoms with Gasteiger partial charge in [-0.05, 0) is 12.7 Å². The number of thioether (sulfide) groups is 1. The van der Waals surface area contributed by atoms with E-state index in [4.69, 9.17) is 5.73 Å². The predicted molar refractivity (Wildman–Crippen MR) is 75.3 cm³/mol. The van der Waals surface area contributed by atoms with Crippen LogP contribution < -0.4 is 16.0 Å². The highest BCUT2D eigenvalue weighted by Gasteiger charge is 2.51. The van der Waals surface area contributed by atoms with E-state index in [0.29, 0.717) is 36.3 Å². The molecule has 3 rings (SSSR count). The van der Waals surface area contributed by atoms with Crippen molar-refractivity contribution in [2.24, 2.45) is 5.41 Å². The second kappa shape index (κ2) is 4.62. The van der Waals surface area contributed by atoms with Crippen molar-refractivity contribution in [3.63, 3.8) is 0 Å². The number of nitrogens with one attached hydrogen (secondary N) is 1. The maximum absolute atomic E-state index is 12.0. The Balaban J connectivity index is 1.86. The molecule has 7 nitrogen and oxygen atoms in total. The maximum Gasteiger partial charge on any atom is 0.235 e. The van der Waals surface area contributed by atoms with Gasteiger partial charge in [-0.25, -0.2) is 9.97 Å². The van der Waals surface area contributed by atoms with Crippen LogP contribution in [0.3, 0.4) is 0 Å². The van der Waals surface area contributed by atoms with E-state index in [-0.39, 0.29) is 18.2 Å². The number of nitrogen functional groups attached to an aromatic ring is 1. The number of imide groups is 1. The zero-order valence-electron chi connectivity index (χ0n) is 11.0. The van der Waals surface area contributed by atoms with Gasteiger partial charge in [-0.3, -0.25) is 14.9 Å². The lowest BCUT2D eigenvalue weighted by Crippen LogP contribution is -2.34. The molecule has 1 atom stereocenters. The molecule has 2 aliphatic rings. The molecule has 3 heterocycles. The van der Waals surface area contributed by atoms with Gasteiger partial charge in [-0.2, -0.15) is 0 Å². The van der Waals surface area contributed by atoms with Gasteiger partial charge in [0, 0.05) is 25.6 Å². The molecule has 1 spiro atoms. The van der Waals surface area contributed by atoms with Crippen LogP contribution in [0.5, 0.6) is 0 Å². The Morgan fingerprint density at radius 3 is 2.90 bits per heavy atom. The second-order valence-electron chi connectivity index (χ2n) is 5.14. The van der Waals surface area contributed by atoms with Crippen LogP contribution in [0, 0.1) is 5.41 Å². The molecule has 0 radical (unpaired) electrons. The number of hydrogen-bond donors (Lipinski definition) is 2. The van der Waals surface area contributed by atoms with Crippen LogP contribution in [-0.4, -0.2) is 41.1 Å². The van der Waals surface area contributed by atoms with Gasteiger partial charge in [0.15, 0.2) is 5.16 Å². The van der Waals surface area contributed by atoms with E-state index in [1.54, 1.807) is 6.07 Å². The van der Waals surface area contributed by atoms with Gasteiger partial charge in [-0.15, -0.1) is 0 Å². The zero-order valence-corrected chi connectivity index (χ0v) is 11.9. The summed E-state index contributed by atoms with van der Waals surface area (Å²) in [5.41, 5.74) is 5.17. The van der Waals surface area contributed by atoms with Crippen LogP contribution in [-0.2, 0) is 9.59 Å². The van der Waals surface area contributed by atoms with Crippen molar-refractivity contribution in [2.45, 2.75) is 18.0 Å². The number of rotatable bonds is 2. The van der Waals surface area contributed by atoms with Crippen molar-refractivity contribution in [1.82, 2.24) is 15.3 Å². The molecule has 1 aromatic rings. The standard InChI is InChI=1S/C12H15N5O2S/c1-20-11-14-7(13)4-8(15-11)17-3-2-12(6-17)5-9(18)16-10(12)19/h4H,2-3,5-6H2,1H3,(H2,13,14,15)(H,16,18,19). The smallest absolute Gasteiger partial charge is 0.235 e. The predicted octanol–water partition coefficient (Wildman–Crippen LogP) is 0.0237. The third-order valence-electron chi connectivity index (χ3n) is 3.81. The Kier molecular flexibility index (Phi) is 3.04. The number of nitrogens with zero attached hydrogens (tertiary/aromatic N) is 3. The van der Waals surface area contributed by atoms with Gasteiger partial charge < -0.3 is 10.6 Å². The zero-order chi connectivity index (χ0) is 14.3. The molecule has 8 heteroatoms. The topological polar surface area (TPSA) is 101 Å². The Morgan fingerprint density at radius 2 is 2.25 bits per heavy atom. The molecule has 2 aliphatic heterocycles. The minimum Gasteiger partial charge on any atom is -0.383 e. The van der Waals surface area contributed by atoms with Crippen molar-refractivity contribution in [3.8, 4) is 0 Å². The first-order chi connectivity index (χ1) is 9.52. The lowest BCUT2D eigenvalue weighted by Gasteiger charge is -2.21. The first kappa shape index (κ1) is 13.2. The van der Waals surface area contributed by atoms with Crippen molar-refractivity contribution in [3.05, 3.63) is 6.07 Å². The molecule has 106 valence electrons. The summed E-state index contributed by atoms with van der Waals surface area (Å²) in [6.45, 7) is 1.18. The number of carbonyl (C=O) groups excluding carboxylic acids is 2. The van der Waals surface area contributed by atoms with Crippen LogP contribution >= 0.6 is 11.8 Å². The molecule has 2 amide bonds. The lowest BCUT2D eigenvalue weighted by atomic mass is 9.85. The summed E-state index contributed by atoms with van der Waals surface area (Å²) >= 11 is 1.42. The summed E-state index contributed by atoms with van der Waals surface area (Å²) in [5, 5.41) is 2.99. The highest BCUT2D eigenvalue weighted by Crippen LogP contribution is 2.39. The van der Waals surface area contributed by atoms with Crippen molar-refractivity contribution < 1.29 is 9.59 Å². The fourth-order valence-electron chi connectivity index (χ4n) is 2.77. The van der Waals surface area contributed by atoms with Crippen LogP contribution in [0.1, 0.15) is 12.8 Å². The molecule has 0 bridgehead atoms. The average molecular weight is 293 g/mol. The van der Waals surface area contributed by atoms with Gasteiger partial charge in [0.1, 0.15) is 11.6 Å². The second-order valence-corrected chi connectivity index (χ2v) is 5.92. The number of nitrogens with two attached hydrogens (primary N) is 1. The number of amides is 2. The molecule has 0 aliphatic carbocycles. The van der Waals surface area contributed by atoms with E-state index >= 15 is 0 Å². The maximum atomic E-state index is 12.0. The summed E-state index contributed by atoms with van der Waals surface area (Å²) in [5.74, 6) is 0.763. The summed E-state index contributed by atoms with van der Waals surface area (Å²) in [7, 11) is 0. The summed E-state index contributed by atoms with van der Waals surface area (Å²) in [6.07, 6.45) is 2.80. The summed E-state index contributed by atoms with van der Waals surface area (Å²) in [4.78, 5) is 33.9. The normalized spacial score (nSPS) is 25.6. The SMILES string of the molecule is CSc1nc(N)cc(N2CCC3(CC(=O)NC3=O)C2)n1. The molecule has 0 aromatic carbocycles. The van der Waals surface area contributed by atoms with Crippen LogP contribution in [0.2, 0.25) is 0 Å². The molecule has 3 N–H and O–H groups in total. The Bertz CT molecular complexity index is 593. The molecule has 2 saturated heterocycles. The van der Waals surface area contributed by atoms with E-state index < -0.39 is 5.41 Å².